The molecule has 0 aliphatic carbocycles. The second kappa shape index (κ2) is 7.43. The number of benzene rings is 1. The van der Waals surface area contributed by atoms with Gasteiger partial charge < -0.3 is 9.42 Å². The highest BCUT2D eigenvalue weighted by Crippen LogP contribution is 2.31. The first-order valence-electron chi connectivity index (χ1n) is 9.32. The maximum atomic E-state index is 12.7. The van der Waals surface area contributed by atoms with Gasteiger partial charge in [-0.3, -0.25) is 9.48 Å². The number of hydrogen-bond acceptors (Lipinski definition) is 7. The average Bonchev–Trinajstić information content (AvgIpc) is 3.43. The van der Waals surface area contributed by atoms with Gasteiger partial charge in [0.05, 0.1) is 29.4 Å². The molecule has 152 valence electrons. The first-order valence-corrected chi connectivity index (χ1v) is 11.0. The molecule has 0 radical (unpaired) electrons. The van der Waals surface area contributed by atoms with Gasteiger partial charge in [0.15, 0.2) is 21.4 Å². The quantitative estimate of drug-likeness (QED) is 0.603. The van der Waals surface area contributed by atoms with Crippen LogP contribution in [0.5, 0.6) is 0 Å². The number of nitrogens with zero attached hydrogens (tertiary/aromatic N) is 5. The molecular weight excluding hydrogens is 394 g/mol. The molecule has 3 aromatic rings. The van der Waals surface area contributed by atoms with Gasteiger partial charge in [0.1, 0.15) is 0 Å². The van der Waals surface area contributed by atoms with Gasteiger partial charge in [0.2, 0.25) is 5.91 Å². The van der Waals surface area contributed by atoms with Crippen LogP contribution < -0.4 is 0 Å². The van der Waals surface area contributed by atoms with Crippen LogP contribution in [-0.4, -0.2) is 44.9 Å². The fourth-order valence-corrected chi connectivity index (χ4v) is 4.61. The highest BCUT2D eigenvalue weighted by atomic mass is 32.2. The summed E-state index contributed by atoms with van der Waals surface area (Å²) in [6.07, 6.45) is 0.577. The van der Waals surface area contributed by atoms with Crippen LogP contribution in [0.25, 0.3) is 11.6 Å². The van der Waals surface area contributed by atoms with Crippen molar-refractivity contribution in [1.82, 2.24) is 24.8 Å². The van der Waals surface area contributed by atoms with E-state index in [-0.39, 0.29) is 23.0 Å². The molecule has 29 heavy (non-hydrogen) atoms. The van der Waals surface area contributed by atoms with E-state index in [2.05, 4.69) is 15.2 Å². The Balaban J connectivity index is 1.47. The number of fused-ring (bicyclic) bond motifs is 1. The molecule has 3 heterocycles. The minimum atomic E-state index is -3.50. The summed E-state index contributed by atoms with van der Waals surface area (Å²) < 4.78 is 31.9. The second-order valence-corrected chi connectivity index (χ2v) is 9.01. The molecule has 0 unspecified atom stereocenters. The number of hydrogen-bond donors (Lipinski definition) is 0. The molecule has 0 bridgehead atoms. The predicted molar refractivity (Wildman–Crippen MR) is 103 cm³/mol. The van der Waals surface area contributed by atoms with Crippen LogP contribution >= 0.6 is 0 Å². The minimum Gasteiger partial charge on any atom is -0.332 e. The van der Waals surface area contributed by atoms with Gasteiger partial charge in [-0.05, 0) is 12.1 Å². The summed E-state index contributed by atoms with van der Waals surface area (Å²) in [4.78, 5) is 18.9. The van der Waals surface area contributed by atoms with Crippen molar-refractivity contribution in [2.75, 3.05) is 5.75 Å². The summed E-state index contributed by atoms with van der Waals surface area (Å²) in [5.41, 5.74) is 2.32. The fourth-order valence-electron chi connectivity index (χ4n) is 3.36. The maximum Gasteiger partial charge on any atom is 0.278 e. The summed E-state index contributed by atoms with van der Waals surface area (Å²) in [7, 11) is -1.70. The number of rotatable bonds is 6. The molecule has 1 aliphatic rings. The third-order valence-electron chi connectivity index (χ3n) is 4.99. The number of carbonyl (C=O) groups excluding carboxylic acids is 1. The van der Waals surface area contributed by atoms with E-state index in [0.29, 0.717) is 36.9 Å². The standard InChI is InChI=1S/C19H21N5O4S/c1-3-16-20-19(28-22-16)18-14-11-24(12-15(14)23(2)21-18)17(25)9-10-29(26,27)13-7-5-4-6-8-13/h4-8H,3,9-12H2,1-2H3. The third kappa shape index (κ3) is 3.67. The van der Waals surface area contributed by atoms with Crippen LogP contribution in [0.15, 0.2) is 39.8 Å². The zero-order chi connectivity index (χ0) is 20.6. The number of sulfone groups is 1. The molecule has 1 aromatic carbocycles. The van der Waals surface area contributed by atoms with Gasteiger partial charge in [0, 0.05) is 25.5 Å². The SMILES string of the molecule is CCc1noc(-c2nn(C)c3c2CN(C(=O)CCS(=O)(=O)c2ccccc2)C3)n1. The van der Waals surface area contributed by atoms with E-state index in [1.165, 1.54) is 0 Å². The average molecular weight is 415 g/mol. The summed E-state index contributed by atoms with van der Waals surface area (Å²) in [5.74, 6) is 0.486. The molecule has 0 spiro atoms. The van der Waals surface area contributed by atoms with Crippen LogP contribution in [0.1, 0.15) is 30.4 Å². The molecule has 0 fully saturated rings. The zero-order valence-corrected chi connectivity index (χ0v) is 17.0. The van der Waals surface area contributed by atoms with Crippen molar-refractivity contribution in [3.8, 4) is 11.6 Å². The minimum absolute atomic E-state index is 0.0749. The van der Waals surface area contributed by atoms with Gasteiger partial charge in [-0.2, -0.15) is 10.1 Å². The maximum absolute atomic E-state index is 12.7. The van der Waals surface area contributed by atoms with Crippen LogP contribution in [0.3, 0.4) is 0 Å². The first-order chi connectivity index (χ1) is 13.9. The number of amides is 1. The van der Waals surface area contributed by atoms with Gasteiger partial charge in [-0.25, -0.2) is 8.42 Å². The topological polar surface area (TPSA) is 111 Å². The van der Waals surface area contributed by atoms with Gasteiger partial charge >= 0.3 is 0 Å². The molecule has 0 saturated heterocycles. The highest BCUT2D eigenvalue weighted by molar-refractivity contribution is 7.91. The highest BCUT2D eigenvalue weighted by Gasteiger charge is 2.32. The van der Waals surface area contributed by atoms with Crippen molar-refractivity contribution in [3.63, 3.8) is 0 Å². The summed E-state index contributed by atoms with van der Waals surface area (Å²) in [6, 6.07) is 8.17. The lowest BCUT2D eigenvalue weighted by Crippen LogP contribution is -2.28. The van der Waals surface area contributed by atoms with E-state index in [1.54, 1.807) is 47.0 Å². The molecular formula is C19H21N5O4S. The van der Waals surface area contributed by atoms with E-state index >= 15 is 0 Å². The summed E-state index contributed by atoms with van der Waals surface area (Å²) in [6.45, 7) is 2.64. The Bertz CT molecular complexity index is 1150. The molecule has 0 saturated carbocycles. The van der Waals surface area contributed by atoms with Crippen molar-refractivity contribution >= 4 is 15.7 Å². The van der Waals surface area contributed by atoms with E-state index in [4.69, 9.17) is 4.52 Å². The number of aryl methyl sites for hydroxylation is 2. The summed E-state index contributed by atoms with van der Waals surface area (Å²) in [5, 5.41) is 8.36. The van der Waals surface area contributed by atoms with E-state index < -0.39 is 9.84 Å². The Morgan fingerprint density at radius 1 is 1.21 bits per heavy atom. The molecule has 9 nitrogen and oxygen atoms in total. The largest absolute Gasteiger partial charge is 0.332 e. The molecule has 0 atom stereocenters. The molecule has 0 N–H and O–H groups in total. The van der Waals surface area contributed by atoms with Crippen LogP contribution in [0.2, 0.25) is 0 Å². The Kier molecular flexibility index (Phi) is 4.95. The van der Waals surface area contributed by atoms with E-state index in [9.17, 15) is 13.2 Å². The molecule has 1 aliphatic heterocycles. The normalized spacial score (nSPS) is 13.7. The Labute approximate surface area is 168 Å². The predicted octanol–water partition coefficient (Wildman–Crippen LogP) is 1.74. The van der Waals surface area contributed by atoms with Gasteiger partial charge in [0.25, 0.3) is 5.89 Å². The lowest BCUT2D eigenvalue weighted by molar-refractivity contribution is -0.131. The Morgan fingerprint density at radius 3 is 2.66 bits per heavy atom. The smallest absolute Gasteiger partial charge is 0.278 e. The van der Waals surface area contributed by atoms with Gasteiger partial charge in [-0.15, -0.1) is 0 Å². The summed E-state index contributed by atoms with van der Waals surface area (Å²) >= 11 is 0. The molecule has 1 amide bonds. The Morgan fingerprint density at radius 2 is 1.97 bits per heavy atom. The van der Waals surface area contributed by atoms with Gasteiger partial charge in [-0.1, -0.05) is 30.3 Å². The van der Waals surface area contributed by atoms with Crippen molar-refractivity contribution in [2.24, 2.45) is 7.05 Å². The number of carbonyl (C=O) groups is 1. The van der Waals surface area contributed by atoms with Crippen LogP contribution in [-0.2, 0) is 41.2 Å². The fraction of sp³-hybridized carbons (Fsp3) is 0.368. The first kappa shape index (κ1) is 19.3. The molecule has 4 rings (SSSR count). The van der Waals surface area contributed by atoms with E-state index in [1.807, 2.05) is 6.92 Å². The van der Waals surface area contributed by atoms with Crippen molar-refractivity contribution in [3.05, 3.63) is 47.4 Å². The van der Waals surface area contributed by atoms with Crippen LogP contribution in [0, 0.1) is 0 Å². The lowest BCUT2D eigenvalue weighted by atomic mass is 10.2. The number of aromatic nitrogens is 4. The van der Waals surface area contributed by atoms with E-state index in [0.717, 1.165) is 11.3 Å². The molecule has 2 aromatic heterocycles. The molecule has 10 heteroatoms. The Hall–Kier alpha value is -3.01. The zero-order valence-electron chi connectivity index (χ0n) is 16.2. The van der Waals surface area contributed by atoms with Crippen LogP contribution in [0.4, 0.5) is 0 Å². The van der Waals surface area contributed by atoms with Crippen molar-refractivity contribution in [1.29, 1.82) is 0 Å². The third-order valence-corrected chi connectivity index (χ3v) is 6.72. The monoisotopic (exact) mass is 415 g/mol. The lowest BCUT2D eigenvalue weighted by Gasteiger charge is -2.16. The van der Waals surface area contributed by atoms with Crippen molar-refractivity contribution < 1.29 is 17.7 Å². The van der Waals surface area contributed by atoms with Crippen molar-refractivity contribution in [2.45, 2.75) is 37.8 Å². The second-order valence-electron chi connectivity index (χ2n) is 6.90.